The van der Waals surface area contributed by atoms with Crippen LogP contribution in [0, 0.1) is 11.3 Å². The molecule has 1 amide bonds. The zero-order valence-electron chi connectivity index (χ0n) is 10.1. The summed E-state index contributed by atoms with van der Waals surface area (Å²) in [4.78, 5) is 11.6. The van der Waals surface area contributed by atoms with E-state index in [2.05, 4.69) is 5.32 Å². The van der Waals surface area contributed by atoms with Gasteiger partial charge in [-0.3, -0.25) is 4.79 Å². The lowest BCUT2D eigenvalue weighted by Gasteiger charge is -2.05. The number of aliphatic hydroxyl groups is 1. The van der Waals surface area contributed by atoms with Crippen molar-refractivity contribution in [1.82, 2.24) is 0 Å². The predicted octanol–water partition coefficient (Wildman–Crippen LogP) is 1.38. The van der Waals surface area contributed by atoms with E-state index in [9.17, 15) is 18.3 Å². The third-order valence-corrected chi connectivity index (χ3v) is 3.29. The zero-order valence-corrected chi connectivity index (χ0v) is 10.9. The van der Waals surface area contributed by atoms with Crippen LogP contribution in [0.25, 0.3) is 0 Å². The van der Waals surface area contributed by atoms with E-state index in [0.717, 1.165) is 12.3 Å². The van der Waals surface area contributed by atoms with Crippen LogP contribution < -0.4 is 5.32 Å². The van der Waals surface area contributed by atoms with Gasteiger partial charge in [-0.15, -0.1) is 0 Å². The third kappa shape index (κ3) is 4.44. The number of nitrogens with one attached hydrogen (secondary N) is 1. The lowest BCUT2D eigenvalue weighted by molar-refractivity contribution is -0.115. The van der Waals surface area contributed by atoms with Crippen molar-refractivity contribution in [1.29, 1.82) is 5.26 Å². The molecule has 1 rings (SSSR count). The molecule has 0 bridgehead atoms. The van der Waals surface area contributed by atoms with Crippen molar-refractivity contribution in [3.63, 3.8) is 0 Å². The summed E-state index contributed by atoms with van der Waals surface area (Å²) in [6.45, 7) is 0. The maximum Gasteiger partial charge on any atom is 0.290 e. The molecule has 2 N–H and O–H groups in total. The second kappa shape index (κ2) is 6.02. The number of anilines is 1. The molecular formula is C12H12N2O4S. The summed E-state index contributed by atoms with van der Waals surface area (Å²) in [5, 5.41) is 20.0. The molecule has 0 atom stereocenters. The van der Waals surface area contributed by atoms with Gasteiger partial charge in [0.05, 0.1) is 17.4 Å². The first-order chi connectivity index (χ1) is 8.84. The van der Waals surface area contributed by atoms with Gasteiger partial charge < -0.3 is 10.4 Å². The minimum Gasteiger partial charge on any atom is -0.503 e. The molecule has 7 heteroatoms. The number of amides is 1. The Morgan fingerprint density at radius 3 is 2.47 bits per heavy atom. The smallest absolute Gasteiger partial charge is 0.290 e. The number of hydrogen-bond acceptors (Lipinski definition) is 5. The molecule has 0 aliphatic carbocycles. The summed E-state index contributed by atoms with van der Waals surface area (Å²) >= 11 is 0. The number of aliphatic hydroxyl groups excluding tert-OH is 1. The Hall–Kier alpha value is -2.33. The molecule has 1 aromatic carbocycles. The van der Waals surface area contributed by atoms with Gasteiger partial charge in [-0.2, -0.15) is 5.26 Å². The molecule has 0 unspecified atom stereocenters. The number of allylic oxidation sites excluding steroid dienone is 1. The summed E-state index contributed by atoms with van der Waals surface area (Å²) < 4.78 is 22.5. The molecule has 19 heavy (non-hydrogen) atoms. The van der Waals surface area contributed by atoms with Crippen molar-refractivity contribution in [2.24, 2.45) is 0 Å². The average molecular weight is 280 g/mol. The lowest BCUT2D eigenvalue weighted by atomic mass is 10.3. The Kier molecular flexibility index (Phi) is 4.67. The van der Waals surface area contributed by atoms with Crippen molar-refractivity contribution in [3.05, 3.63) is 36.1 Å². The molecule has 0 aliphatic rings. The Bertz CT molecular complexity index is 639. The zero-order chi connectivity index (χ0) is 14.5. The van der Waals surface area contributed by atoms with Crippen molar-refractivity contribution in [3.8, 4) is 6.07 Å². The molecule has 6 nitrogen and oxygen atoms in total. The number of carbonyl (C=O) groups excluding carboxylic acids is 1. The Morgan fingerprint density at radius 1 is 1.42 bits per heavy atom. The molecular weight excluding hydrogens is 268 g/mol. The van der Waals surface area contributed by atoms with Gasteiger partial charge in [-0.05, 0) is 30.3 Å². The van der Waals surface area contributed by atoms with Gasteiger partial charge in [0.15, 0.2) is 15.6 Å². The van der Waals surface area contributed by atoms with Crippen LogP contribution in [0.2, 0.25) is 0 Å². The topological polar surface area (TPSA) is 107 Å². The van der Waals surface area contributed by atoms with Gasteiger partial charge in [0.2, 0.25) is 0 Å². The van der Waals surface area contributed by atoms with E-state index in [1.165, 1.54) is 24.3 Å². The largest absolute Gasteiger partial charge is 0.503 e. The lowest BCUT2D eigenvalue weighted by Crippen LogP contribution is -2.14. The summed E-state index contributed by atoms with van der Waals surface area (Å²) in [6, 6.07) is 7.27. The number of sulfone groups is 1. The van der Waals surface area contributed by atoms with Gasteiger partial charge in [0.25, 0.3) is 5.91 Å². The third-order valence-electron chi connectivity index (χ3n) is 2.16. The highest BCUT2D eigenvalue weighted by Crippen LogP contribution is 2.14. The van der Waals surface area contributed by atoms with Gasteiger partial charge in [-0.25, -0.2) is 8.42 Å². The number of hydrogen-bond donors (Lipinski definition) is 2. The number of rotatable bonds is 4. The second-order valence-corrected chi connectivity index (χ2v) is 5.72. The average Bonchev–Trinajstić information content (AvgIpc) is 2.35. The van der Waals surface area contributed by atoms with Crippen LogP contribution in [0.4, 0.5) is 5.69 Å². The standard InChI is InChI=1S/C12H12N2O4S/c1-19(17,18)10-6-4-9(5-7-10)14-12(16)11(15)3-2-8-13/h3-7,15H,2H2,1H3,(H,14,16). The fourth-order valence-corrected chi connectivity index (χ4v) is 1.85. The second-order valence-electron chi connectivity index (χ2n) is 3.70. The van der Waals surface area contributed by atoms with Crippen molar-refractivity contribution in [2.45, 2.75) is 11.3 Å². The quantitative estimate of drug-likeness (QED) is 0.640. The first-order valence-electron chi connectivity index (χ1n) is 5.22. The monoisotopic (exact) mass is 280 g/mol. The van der Waals surface area contributed by atoms with Gasteiger partial charge in [0, 0.05) is 11.9 Å². The van der Waals surface area contributed by atoms with Crippen molar-refractivity contribution < 1.29 is 18.3 Å². The Balaban J connectivity index is 2.80. The summed E-state index contributed by atoms with van der Waals surface area (Å²) in [5.41, 5.74) is 0.342. The fourth-order valence-electron chi connectivity index (χ4n) is 1.22. The van der Waals surface area contributed by atoms with E-state index in [1.807, 2.05) is 0 Å². The summed E-state index contributed by atoms with van der Waals surface area (Å²) in [5.74, 6) is -1.32. The molecule has 0 aliphatic heterocycles. The first kappa shape index (κ1) is 14.7. The molecule has 100 valence electrons. The minimum atomic E-state index is -3.29. The van der Waals surface area contributed by atoms with Gasteiger partial charge in [0.1, 0.15) is 0 Å². The van der Waals surface area contributed by atoms with E-state index in [-0.39, 0.29) is 11.3 Å². The number of nitriles is 1. The maximum absolute atomic E-state index is 11.4. The molecule has 0 heterocycles. The summed E-state index contributed by atoms with van der Waals surface area (Å²) in [7, 11) is -3.29. The van der Waals surface area contributed by atoms with E-state index < -0.39 is 21.5 Å². The molecule has 0 saturated heterocycles. The van der Waals surface area contributed by atoms with Crippen LogP contribution in [-0.2, 0) is 14.6 Å². The Labute approximate surface area is 110 Å². The highest BCUT2D eigenvalue weighted by molar-refractivity contribution is 7.90. The van der Waals surface area contributed by atoms with Crippen molar-refractivity contribution in [2.75, 3.05) is 11.6 Å². The van der Waals surface area contributed by atoms with E-state index in [4.69, 9.17) is 5.26 Å². The summed E-state index contributed by atoms with van der Waals surface area (Å²) in [6.07, 6.45) is 2.09. The molecule has 0 aromatic heterocycles. The normalized spacial score (nSPS) is 11.7. The highest BCUT2D eigenvalue weighted by Gasteiger charge is 2.09. The SMILES string of the molecule is CS(=O)(=O)c1ccc(NC(=O)C(O)=CCC#N)cc1. The minimum absolute atomic E-state index is 0.0771. The van der Waals surface area contributed by atoms with Crippen LogP contribution in [0.15, 0.2) is 41.0 Å². The van der Waals surface area contributed by atoms with Crippen LogP contribution >= 0.6 is 0 Å². The van der Waals surface area contributed by atoms with Crippen LogP contribution in [-0.4, -0.2) is 25.7 Å². The first-order valence-corrected chi connectivity index (χ1v) is 7.11. The molecule has 0 fully saturated rings. The number of nitrogens with zero attached hydrogens (tertiary/aromatic N) is 1. The van der Waals surface area contributed by atoms with Crippen LogP contribution in [0.5, 0.6) is 0 Å². The maximum atomic E-state index is 11.4. The number of benzene rings is 1. The fraction of sp³-hybridized carbons (Fsp3) is 0.167. The highest BCUT2D eigenvalue weighted by atomic mass is 32.2. The van der Waals surface area contributed by atoms with Gasteiger partial charge in [-0.1, -0.05) is 0 Å². The molecule has 0 spiro atoms. The molecule has 1 aromatic rings. The van der Waals surface area contributed by atoms with Crippen LogP contribution in [0.1, 0.15) is 6.42 Å². The van der Waals surface area contributed by atoms with Crippen LogP contribution in [0.3, 0.4) is 0 Å². The molecule has 0 saturated carbocycles. The predicted molar refractivity (Wildman–Crippen MR) is 69.1 cm³/mol. The van der Waals surface area contributed by atoms with E-state index >= 15 is 0 Å². The van der Waals surface area contributed by atoms with E-state index in [0.29, 0.717) is 5.69 Å². The Morgan fingerprint density at radius 2 is 2.00 bits per heavy atom. The van der Waals surface area contributed by atoms with Crippen molar-refractivity contribution >= 4 is 21.4 Å². The number of carbonyl (C=O) groups is 1. The molecule has 0 radical (unpaired) electrons. The van der Waals surface area contributed by atoms with E-state index in [1.54, 1.807) is 6.07 Å². The van der Waals surface area contributed by atoms with Gasteiger partial charge >= 0.3 is 0 Å².